The van der Waals surface area contributed by atoms with E-state index in [2.05, 4.69) is 4.98 Å². The van der Waals surface area contributed by atoms with E-state index in [1.165, 1.54) is 11.3 Å². The number of nitrogens with zero attached hydrogens (tertiary/aromatic N) is 2. The van der Waals surface area contributed by atoms with Crippen LogP contribution in [0.3, 0.4) is 0 Å². The molecule has 1 aromatic heterocycles. The molecule has 0 radical (unpaired) electrons. The van der Waals surface area contributed by atoms with Gasteiger partial charge in [-0.1, -0.05) is 12.1 Å². The number of alkyl halides is 1. The van der Waals surface area contributed by atoms with Crippen LogP contribution in [0.15, 0.2) is 29.6 Å². The van der Waals surface area contributed by atoms with Gasteiger partial charge in [-0.2, -0.15) is 0 Å². The summed E-state index contributed by atoms with van der Waals surface area (Å²) in [5, 5.41) is 2.77. The zero-order valence-corrected chi connectivity index (χ0v) is 13.6. The molecular weight excluding hydrogens is 308 g/mol. The Hall–Kier alpha value is -1.59. The molecule has 0 atom stereocenters. The SMILES string of the molecule is CCN(C)C(=O)COc1ccccc1-c1nc(CCl)cs1. The molecule has 1 heterocycles. The molecule has 0 unspecified atom stereocenters. The van der Waals surface area contributed by atoms with Crippen LogP contribution < -0.4 is 4.74 Å². The summed E-state index contributed by atoms with van der Waals surface area (Å²) in [5.41, 5.74) is 1.72. The predicted molar refractivity (Wildman–Crippen MR) is 85.9 cm³/mol. The second-order valence-corrected chi connectivity index (χ2v) is 5.60. The number of amides is 1. The highest BCUT2D eigenvalue weighted by Gasteiger charge is 2.13. The fourth-order valence-corrected chi connectivity index (χ4v) is 2.76. The summed E-state index contributed by atoms with van der Waals surface area (Å²) in [6, 6.07) is 7.57. The van der Waals surface area contributed by atoms with E-state index in [1.807, 2.05) is 36.6 Å². The lowest BCUT2D eigenvalue weighted by Crippen LogP contribution is -2.31. The Morgan fingerprint density at radius 3 is 2.86 bits per heavy atom. The standard InChI is InChI=1S/C15H17ClN2O2S/c1-3-18(2)14(19)9-20-13-7-5-4-6-12(13)15-17-11(8-16)10-21-15/h4-7,10H,3,8-9H2,1-2H3. The fourth-order valence-electron chi connectivity index (χ4n) is 1.69. The van der Waals surface area contributed by atoms with Crippen molar-refractivity contribution in [2.24, 2.45) is 0 Å². The van der Waals surface area contributed by atoms with Crippen molar-refractivity contribution in [1.29, 1.82) is 0 Å². The molecule has 2 aromatic rings. The van der Waals surface area contributed by atoms with Crippen LogP contribution in [-0.4, -0.2) is 36.0 Å². The van der Waals surface area contributed by atoms with E-state index in [0.29, 0.717) is 18.2 Å². The van der Waals surface area contributed by atoms with Crippen LogP contribution >= 0.6 is 22.9 Å². The third-order valence-electron chi connectivity index (χ3n) is 3.06. The first-order chi connectivity index (χ1) is 10.2. The predicted octanol–water partition coefficient (Wildman–Crippen LogP) is 3.41. The number of rotatable bonds is 6. The van der Waals surface area contributed by atoms with Crippen molar-refractivity contribution in [3.63, 3.8) is 0 Å². The molecule has 0 aliphatic rings. The van der Waals surface area contributed by atoms with E-state index in [4.69, 9.17) is 16.3 Å². The summed E-state index contributed by atoms with van der Waals surface area (Å²) in [5.74, 6) is 0.998. The van der Waals surface area contributed by atoms with Gasteiger partial charge in [-0.05, 0) is 19.1 Å². The average molecular weight is 325 g/mol. The molecule has 0 saturated heterocycles. The summed E-state index contributed by atoms with van der Waals surface area (Å²) in [4.78, 5) is 17.9. The minimum absolute atomic E-state index is 0.0229. The monoisotopic (exact) mass is 324 g/mol. The molecule has 0 N–H and O–H groups in total. The molecule has 112 valence electrons. The minimum Gasteiger partial charge on any atom is -0.483 e. The Labute approximate surface area is 133 Å². The Bertz CT molecular complexity index is 615. The summed E-state index contributed by atoms with van der Waals surface area (Å²) < 4.78 is 5.66. The van der Waals surface area contributed by atoms with Crippen LogP contribution in [0.5, 0.6) is 5.75 Å². The number of carbonyl (C=O) groups excluding carboxylic acids is 1. The van der Waals surface area contributed by atoms with Gasteiger partial charge in [-0.15, -0.1) is 22.9 Å². The number of thiazole rings is 1. The fraction of sp³-hybridized carbons (Fsp3) is 0.333. The molecular formula is C15H17ClN2O2S. The Kier molecular flexibility index (Phi) is 5.59. The number of benzene rings is 1. The van der Waals surface area contributed by atoms with Crippen LogP contribution in [0.4, 0.5) is 0 Å². The molecule has 1 aromatic carbocycles. The van der Waals surface area contributed by atoms with Crippen LogP contribution in [0.25, 0.3) is 10.6 Å². The van der Waals surface area contributed by atoms with E-state index in [9.17, 15) is 4.79 Å². The first-order valence-electron chi connectivity index (χ1n) is 6.62. The highest BCUT2D eigenvalue weighted by atomic mass is 35.5. The third kappa shape index (κ3) is 3.95. The first kappa shape index (κ1) is 15.8. The molecule has 2 rings (SSSR count). The van der Waals surface area contributed by atoms with Crippen LogP contribution in [0.2, 0.25) is 0 Å². The molecule has 4 nitrogen and oxygen atoms in total. The zero-order valence-electron chi connectivity index (χ0n) is 12.0. The van der Waals surface area contributed by atoms with E-state index in [0.717, 1.165) is 16.3 Å². The van der Waals surface area contributed by atoms with Gasteiger partial charge in [-0.3, -0.25) is 4.79 Å². The molecule has 0 saturated carbocycles. The normalized spacial score (nSPS) is 10.4. The molecule has 0 spiro atoms. The van der Waals surface area contributed by atoms with E-state index < -0.39 is 0 Å². The van der Waals surface area contributed by atoms with Gasteiger partial charge in [0.15, 0.2) is 6.61 Å². The van der Waals surface area contributed by atoms with Crippen molar-refractivity contribution < 1.29 is 9.53 Å². The van der Waals surface area contributed by atoms with Crippen molar-refractivity contribution in [2.45, 2.75) is 12.8 Å². The Morgan fingerprint density at radius 1 is 1.43 bits per heavy atom. The highest BCUT2D eigenvalue weighted by molar-refractivity contribution is 7.13. The van der Waals surface area contributed by atoms with Crippen molar-refractivity contribution in [1.82, 2.24) is 9.88 Å². The molecule has 21 heavy (non-hydrogen) atoms. The van der Waals surface area contributed by atoms with Gasteiger partial charge in [0.2, 0.25) is 0 Å². The van der Waals surface area contributed by atoms with Gasteiger partial charge < -0.3 is 9.64 Å². The second kappa shape index (κ2) is 7.43. The average Bonchev–Trinajstić information content (AvgIpc) is 3.00. The maximum atomic E-state index is 11.8. The van der Waals surface area contributed by atoms with Crippen molar-refractivity contribution in [3.05, 3.63) is 35.3 Å². The van der Waals surface area contributed by atoms with Gasteiger partial charge in [-0.25, -0.2) is 4.98 Å². The van der Waals surface area contributed by atoms with Crippen molar-refractivity contribution in [3.8, 4) is 16.3 Å². The summed E-state index contributed by atoms with van der Waals surface area (Å²) in [6.45, 7) is 2.61. The van der Waals surface area contributed by atoms with E-state index in [-0.39, 0.29) is 12.5 Å². The number of hydrogen-bond donors (Lipinski definition) is 0. The van der Waals surface area contributed by atoms with Gasteiger partial charge in [0, 0.05) is 19.0 Å². The lowest BCUT2D eigenvalue weighted by molar-refractivity contribution is -0.131. The molecule has 0 fully saturated rings. The van der Waals surface area contributed by atoms with Crippen LogP contribution in [0.1, 0.15) is 12.6 Å². The quantitative estimate of drug-likeness (QED) is 0.765. The topological polar surface area (TPSA) is 42.4 Å². The second-order valence-electron chi connectivity index (χ2n) is 4.47. The summed E-state index contributed by atoms with van der Waals surface area (Å²) in [6.07, 6.45) is 0. The summed E-state index contributed by atoms with van der Waals surface area (Å²) >= 11 is 7.30. The summed E-state index contributed by atoms with van der Waals surface area (Å²) in [7, 11) is 1.76. The van der Waals surface area contributed by atoms with Crippen molar-refractivity contribution in [2.75, 3.05) is 20.2 Å². The molecule has 0 aliphatic heterocycles. The number of aromatic nitrogens is 1. The Morgan fingerprint density at radius 2 is 2.19 bits per heavy atom. The maximum absolute atomic E-state index is 11.8. The number of halogens is 1. The smallest absolute Gasteiger partial charge is 0.260 e. The van der Waals surface area contributed by atoms with Gasteiger partial charge >= 0.3 is 0 Å². The molecule has 0 aliphatic carbocycles. The largest absolute Gasteiger partial charge is 0.483 e. The molecule has 1 amide bonds. The van der Waals surface area contributed by atoms with E-state index in [1.54, 1.807) is 11.9 Å². The lowest BCUT2D eigenvalue weighted by atomic mass is 10.2. The van der Waals surface area contributed by atoms with Gasteiger partial charge in [0.05, 0.1) is 17.1 Å². The number of para-hydroxylation sites is 1. The van der Waals surface area contributed by atoms with Crippen LogP contribution in [0, 0.1) is 0 Å². The number of hydrogen-bond acceptors (Lipinski definition) is 4. The lowest BCUT2D eigenvalue weighted by Gasteiger charge is -2.15. The maximum Gasteiger partial charge on any atom is 0.260 e. The minimum atomic E-state index is -0.0483. The number of ether oxygens (including phenoxy) is 1. The highest BCUT2D eigenvalue weighted by Crippen LogP contribution is 2.32. The molecule has 6 heteroatoms. The first-order valence-corrected chi connectivity index (χ1v) is 8.03. The number of likely N-dealkylation sites (N-methyl/N-ethyl adjacent to an activating group) is 1. The van der Waals surface area contributed by atoms with Gasteiger partial charge in [0.1, 0.15) is 10.8 Å². The van der Waals surface area contributed by atoms with Crippen LogP contribution in [-0.2, 0) is 10.7 Å². The van der Waals surface area contributed by atoms with E-state index >= 15 is 0 Å². The molecule has 0 bridgehead atoms. The third-order valence-corrected chi connectivity index (χ3v) is 4.26. The van der Waals surface area contributed by atoms with Gasteiger partial charge in [0.25, 0.3) is 5.91 Å². The Balaban J connectivity index is 2.15. The van der Waals surface area contributed by atoms with Crippen molar-refractivity contribution >= 4 is 28.8 Å². The zero-order chi connectivity index (χ0) is 15.2. The number of carbonyl (C=O) groups is 1.